The average molecular weight is 551 g/mol. The number of aliphatic hydroxyl groups excluding tert-OH is 3. The van der Waals surface area contributed by atoms with Gasteiger partial charge < -0.3 is 58.8 Å². The van der Waals surface area contributed by atoms with Gasteiger partial charge in [0.05, 0.1) is 28.6 Å². The molecule has 0 unspecified atom stereocenters. The molecule has 3 rings (SSSR count). The Morgan fingerprint density at radius 1 is 1.10 bits per heavy atom. The summed E-state index contributed by atoms with van der Waals surface area (Å²) in [5.74, 6) is 0.218. The fourth-order valence-electron chi connectivity index (χ4n) is 2.29. The number of anilines is 1. The Labute approximate surface area is 188 Å². The zero-order chi connectivity index (χ0) is 21.3. The van der Waals surface area contributed by atoms with E-state index in [1.807, 2.05) is 0 Å². The zero-order valence-corrected chi connectivity index (χ0v) is 18.4. The largest absolute Gasteiger partial charge is 2.00 e. The van der Waals surface area contributed by atoms with Crippen molar-refractivity contribution < 1.29 is 87.2 Å². The molecule has 0 saturated carbocycles. The molecule has 0 amide bonds. The van der Waals surface area contributed by atoms with Crippen LogP contribution < -0.4 is 25.3 Å². The van der Waals surface area contributed by atoms with Crippen molar-refractivity contribution in [1.29, 1.82) is 0 Å². The van der Waals surface area contributed by atoms with Gasteiger partial charge in [-0.25, -0.2) is 15.0 Å². The summed E-state index contributed by atoms with van der Waals surface area (Å²) in [6, 6.07) is 0. The minimum Gasteiger partial charge on any atom is -0.790 e. The standard InChI is InChI=1S/C10H13N5O4.2Mn.H4O7P2/c11-8-5-9(13-2-12-8)15(3-14-5)10-7(18)6(17)4(1-16)19-10;;;1-8(2,3)7-9(4,5)6/h2-4,6-7,10,16-18H,1H2,(H2,11,12,13);;;(H2,1,2,3)(H2,4,5,6)/q;2*+2;/p-4/t4-,6-,7-,10-;;;/m1.../s1. The van der Waals surface area contributed by atoms with Crippen molar-refractivity contribution in [2.75, 3.05) is 12.3 Å². The minimum absolute atomic E-state index is 0. The number of nitrogens with two attached hydrogens (primary N) is 1. The van der Waals surface area contributed by atoms with Crippen LogP contribution in [0.5, 0.6) is 0 Å². The molecule has 3 heterocycles. The number of aliphatic hydroxyl groups is 3. The molecule has 20 heteroatoms. The summed E-state index contributed by atoms with van der Waals surface area (Å²) in [6.45, 7) is -0.390. The van der Waals surface area contributed by atoms with Gasteiger partial charge in [-0.05, 0) is 0 Å². The van der Waals surface area contributed by atoms with Gasteiger partial charge in [0.1, 0.15) is 30.2 Å². The van der Waals surface area contributed by atoms with E-state index in [2.05, 4.69) is 19.3 Å². The van der Waals surface area contributed by atoms with E-state index in [0.717, 1.165) is 0 Å². The van der Waals surface area contributed by atoms with Crippen LogP contribution in [-0.2, 0) is 52.3 Å². The van der Waals surface area contributed by atoms with Crippen LogP contribution in [0.4, 0.5) is 5.82 Å². The fourth-order valence-corrected chi connectivity index (χ4v) is 3.27. The summed E-state index contributed by atoms with van der Waals surface area (Å²) in [6.07, 6.45) is -1.42. The molecule has 2 radical (unpaired) electrons. The second kappa shape index (κ2) is 11.4. The van der Waals surface area contributed by atoms with E-state index in [9.17, 15) is 38.9 Å². The molecule has 1 fully saturated rings. The molecule has 1 aliphatic heterocycles. The summed E-state index contributed by atoms with van der Waals surface area (Å²) >= 11 is 0. The van der Waals surface area contributed by atoms with Crippen LogP contribution in [0, 0.1) is 0 Å². The van der Waals surface area contributed by atoms with Gasteiger partial charge in [-0.3, -0.25) is 4.57 Å². The zero-order valence-electron chi connectivity index (χ0n) is 14.3. The van der Waals surface area contributed by atoms with Gasteiger partial charge in [0.15, 0.2) is 17.7 Å². The van der Waals surface area contributed by atoms with Gasteiger partial charge in [-0.2, -0.15) is 0 Å². The molecule has 0 aromatic carbocycles. The van der Waals surface area contributed by atoms with Gasteiger partial charge in [-0.15, -0.1) is 0 Å². The van der Waals surface area contributed by atoms with Crippen LogP contribution in [0.1, 0.15) is 6.23 Å². The van der Waals surface area contributed by atoms with E-state index in [1.54, 1.807) is 0 Å². The Morgan fingerprint density at radius 3 is 2.10 bits per heavy atom. The maximum atomic E-state index is 9.95. The Morgan fingerprint density at radius 2 is 1.67 bits per heavy atom. The van der Waals surface area contributed by atoms with Crippen molar-refractivity contribution in [3.05, 3.63) is 12.7 Å². The molecule has 0 bridgehead atoms. The van der Waals surface area contributed by atoms with Crippen molar-refractivity contribution in [1.82, 2.24) is 19.5 Å². The number of nitrogens with zero attached hydrogens (tertiary/aromatic N) is 4. The first-order valence-electron chi connectivity index (χ1n) is 7.15. The van der Waals surface area contributed by atoms with Crippen LogP contribution in [0.2, 0.25) is 0 Å². The molecule has 2 aromatic rings. The normalized spacial score (nSPS) is 23.8. The third kappa shape index (κ3) is 7.57. The van der Waals surface area contributed by atoms with Crippen molar-refractivity contribution in [3.8, 4) is 0 Å². The first kappa shape index (κ1) is 29.5. The molecule has 1 aliphatic rings. The van der Waals surface area contributed by atoms with Gasteiger partial charge in [0, 0.05) is 0 Å². The molecule has 1 saturated heterocycles. The molecule has 2 aromatic heterocycles. The Balaban J connectivity index is 0.000000664. The topological polar surface area (TPSA) is 275 Å². The minimum atomic E-state index is -5.68. The maximum Gasteiger partial charge on any atom is 2.00 e. The van der Waals surface area contributed by atoms with Crippen LogP contribution in [0.25, 0.3) is 11.2 Å². The molecule has 30 heavy (non-hydrogen) atoms. The van der Waals surface area contributed by atoms with E-state index in [1.165, 1.54) is 17.2 Å². The number of phosphoric acid groups is 2. The predicted molar refractivity (Wildman–Crippen MR) is 79.0 cm³/mol. The number of aromatic nitrogens is 4. The van der Waals surface area contributed by atoms with Crippen LogP contribution in [-0.4, -0.2) is 59.8 Å². The van der Waals surface area contributed by atoms with Gasteiger partial charge >= 0.3 is 34.1 Å². The van der Waals surface area contributed by atoms with E-state index in [0.29, 0.717) is 11.2 Å². The van der Waals surface area contributed by atoms with Crippen LogP contribution in [0.15, 0.2) is 12.7 Å². The van der Waals surface area contributed by atoms with E-state index in [-0.39, 0.29) is 40.0 Å². The van der Waals surface area contributed by atoms with E-state index < -0.39 is 46.8 Å². The smallest absolute Gasteiger partial charge is 0.790 e. The second-order valence-electron chi connectivity index (χ2n) is 5.29. The Bertz CT molecular complexity index is 903. The Kier molecular flexibility index (Phi) is 11.2. The molecular formula is C10H13Mn2N5O11P2. The first-order valence-corrected chi connectivity index (χ1v) is 10.1. The van der Waals surface area contributed by atoms with E-state index >= 15 is 0 Å². The summed E-state index contributed by atoms with van der Waals surface area (Å²) in [5.41, 5.74) is 6.44. The molecule has 16 nitrogen and oxygen atoms in total. The number of hydrogen-bond donors (Lipinski definition) is 4. The molecule has 4 atom stereocenters. The second-order valence-corrected chi connectivity index (χ2v) is 7.73. The quantitative estimate of drug-likeness (QED) is 0.204. The molecule has 5 N–H and O–H groups in total. The SMILES string of the molecule is Nc1ncnc2c1ncn2[C@@H]1O[C@H](CO)[C@@H](O)[C@H]1O.O=P([O-])([O-])OP(=O)([O-])[O-].[Mn+2].[Mn+2]. The van der Waals surface area contributed by atoms with Gasteiger partial charge in [0.25, 0.3) is 0 Å². The number of rotatable bonds is 4. The predicted octanol–water partition coefficient (Wildman–Crippen LogP) is -5.32. The number of hydrogen-bond acceptors (Lipinski definition) is 15. The Hall–Kier alpha value is -0.511. The number of ether oxygens (including phenoxy) is 1. The monoisotopic (exact) mass is 551 g/mol. The maximum absolute atomic E-state index is 9.95. The van der Waals surface area contributed by atoms with Gasteiger partial charge in [-0.1, -0.05) is 0 Å². The first-order chi connectivity index (χ1) is 12.8. The third-order valence-electron chi connectivity index (χ3n) is 3.38. The molecular weight excluding hydrogens is 538 g/mol. The van der Waals surface area contributed by atoms with Crippen molar-refractivity contribution in [3.63, 3.8) is 0 Å². The van der Waals surface area contributed by atoms with Crippen molar-refractivity contribution >= 4 is 32.6 Å². The fraction of sp³-hybridized carbons (Fsp3) is 0.500. The number of imidazole rings is 1. The summed E-state index contributed by atoms with van der Waals surface area (Å²) in [5, 5.41) is 28.7. The van der Waals surface area contributed by atoms with Crippen LogP contribution in [0.3, 0.4) is 0 Å². The molecule has 0 aliphatic carbocycles. The van der Waals surface area contributed by atoms with Crippen LogP contribution >= 0.6 is 15.6 Å². The number of nitrogen functional groups attached to an aromatic ring is 1. The summed E-state index contributed by atoms with van der Waals surface area (Å²) in [4.78, 5) is 49.2. The third-order valence-corrected chi connectivity index (χ3v) is 4.98. The summed E-state index contributed by atoms with van der Waals surface area (Å²) < 4.78 is 28.0. The summed E-state index contributed by atoms with van der Waals surface area (Å²) in [7, 11) is -11.4. The average Bonchev–Trinajstić information content (AvgIpc) is 3.08. The molecule has 168 valence electrons. The van der Waals surface area contributed by atoms with Crippen molar-refractivity contribution in [2.45, 2.75) is 24.5 Å². The van der Waals surface area contributed by atoms with Gasteiger partial charge in [0.2, 0.25) is 0 Å². The van der Waals surface area contributed by atoms with E-state index in [4.69, 9.17) is 15.6 Å². The van der Waals surface area contributed by atoms with Crippen molar-refractivity contribution in [2.24, 2.45) is 0 Å². The number of fused-ring (bicyclic) bond motifs is 1. The molecule has 0 spiro atoms.